The lowest BCUT2D eigenvalue weighted by Gasteiger charge is -2.04. The smallest absolute Gasteiger partial charge is 0.335 e. The molecule has 0 radical (unpaired) electrons. The Morgan fingerprint density at radius 2 is 1.80 bits per heavy atom. The highest BCUT2D eigenvalue weighted by atomic mass is 16.4. The van der Waals surface area contributed by atoms with Gasteiger partial charge in [0, 0.05) is 11.9 Å². The molecule has 6 nitrogen and oxygen atoms in total. The molecule has 2 N–H and O–H groups in total. The number of hydrogen-bond donors (Lipinski definition) is 2. The molecule has 0 saturated heterocycles. The first-order chi connectivity index (χ1) is 12.0. The second kappa shape index (κ2) is 6.60. The number of benzene rings is 2. The fourth-order valence-corrected chi connectivity index (χ4v) is 2.52. The molecule has 0 atom stereocenters. The number of aromatic nitrogens is 2. The molecule has 0 fully saturated rings. The number of nitrogens with one attached hydrogen (secondary N) is 1. The lowest BCUT2D eigenvalue weighted by Crippen LogP contribution is -2.18. The highest BCUT2D eigenvalue weighted by molar-refractivity contribution is 5.88. The average Bonchev–Trinajstić information content (AvgIpc) is 2.88. The van der Waals surface area contributed by atoms with E-state index < -0.39 is 5.97 Å². The van der Waals surface area contributed by atoms with Crippen molar-refractivity contribution < 1.29 is 9.90 Å². The summed E-state index contributed by atoms with van der Waals surface area (Å²) in [5.74, 6) is -0.988. The molecule has 3 aromatic rings. The Balaban J connectivity index is 1.95. The minimum absolute atomic E-state index is 0.183. The number of aromatic amines is 1. The summed E-state index contributed by atoms with van der Waals surface area (Å²) in [7, 11) is 0. The van der Waals surface area contributed by atoms with Crippen molar-refractivity contribution >= 4 is 17.9 Å². The van der Waals surface area contributed by atoms with Gasteiger partial charge in [-0.25, -0.2) is 9.48 Å². The Bertz CT molecular complexity index is 1010. The fourth-order valence-electron chi connectivity index (χ4n) is 2.52. The van der Waals surface area contributed by atoms with E-state index in [-0.39, 0.29) is 11.1 Å². The maximum atomic E-state index is 12.7. The largest absolute Gasteiger partial charge is 0.478 e. The van der Waals surface area contributed by atoms with Crippen molar-refractivity contribution in [2.24, 2.45) is 4.99 Å². The van der Waals surface area contributed by atoms with Crippen LogP contribution < -0.4 is 5.56 Å². The molecule has 25 heavy (non-hydrogen) atoms. The number of para-hydroxylation sites is 1. The lowest BCUT2D eigenvalue weighted by atomic mass is 10.2. The van der Waals surface area contributed by atoms with Gasteiger partial charge in [-0.05, 0) is 49.7 Å². The van der Waals surface area contributed by atoms with Gasteiger partial charge in [-0.1, -0.05) is 18.2 Å². The Kier molecular flexibility index (Phi) is 4.35. The van der Waals surface area contributed by atoms with Gasteiger partial charge in [0.15, 0.2) is 0 Å². The zero-order chi connectivity index (χ0) is 18.0. The molecule has 0 amide bonds. The minimum Gasteiger partial charge on any atom is -0.478 e. The van der Waals surface area contributed by atoms with E-state index in [0.717, 1.165) is 11.3 Å². The number of aliphatic imine (C=N–C) groups is 1. The topological polar surface area (TPSA) is 87.4 Å². The van der Waals surface area contributed by atoms with Gasteiger partial charge in [0.2, 0.25) is 0 Å². The molecule has 0 spiro atoms. The number of carboxylic acid groups (broad SMARTS) is 1. The fraction of sp³-hybridized carbons (Fsp3) is 0.105. The first-order valence-electron chi connectivity index (χ1n) is 7.72. The monoisotopic (exact) mass is 335 g/mol. The van der Waals surface area contributed by atoms with Crippen LogP contribution in [-0.4, -0.2) is 27.1 Å². The van der Waals surface area contributed by atoms with Crippen LogP contribution in [0.15, 0.2) is 58.3 Å². The lowest BCUT2D eigenvalue weighted by molar-refractivity contribution is 0.0697. The Morgan fingerprint density at radius 3 is 2.44 bits per heavy atom. The van der Waals surface area contributed by atoms with Crippen molar-refractivity contribution in [2.75, 3.05) is 0 Å². The van der Waals surface area contributed by atoms with E-state index in [9.17, 15) is 9.59 Å². The molecule has 1 aromatic heterocycles. The Morgan fingerprint density at radius 1 is 1.12 bits per heavy atom. The summed E-state index contributed by atoms with van der Waals surface area (Å²) >= 11 is 0. The summed E-state index contributed by atoms with van der Waals surface area (Å²) < 4.78 is 1.50. The zero-order valence-electron chi connectivity index (χ0n) is 13.9. The SMILES string of the molecule is Cc1ccccc1-n1[nH]c(C)c(C=Nc2ccc(C(=O)O)cc2)c1=O. The summed E-state index contributed by atoms with van der Waals surface area (Å²) in [6.45, 7) is 3.75. The van der Waals surface area contributed by atoms with E-state index in [1.165, 1.54) is 23.0 Å². The van der Waals surface area contributed by atoms with Crippen LogP contribution in [0.25, 0.3) is 5.69 Å². The molecule has 126 valence electrons. The molecule has 0 aliphatic carbocycles. The van der Waals surface area contributed by atoms with Crippen LogP contribution >= 0.6 is 0 Å². The normalized spacial score (nSPS) is 11.1. The molecule has 0 bridgehead atoms. The van der Waals surface area contributed by atoms with Crippen LogP contribution in [0.1, 0.15) is 27.2 Å². The van der Waals surface area contributed by atoms with Crippen LogP contribution in [0, 0.1) is 13.8 Å². The molecule has 6 heteroatoms. The number of nitrogens with zero attached hydrogens (tertiary/aromatic N) is 2. The molecule has 3 rings (SSSR count). The maximum Gasteiger partial charge on any atom is 0.335 e. The van der Waals surface area contributed by atoms with E-state index in [0.29, 0.717) is 16.9 Å². The van der Waals surface area contributed by atoms with Crippen LogP contribution in [-0.2, 0) is 0 Å². The van der Waals surface area contributed by atoms with Crippen LogP contribution in [0.3, 0.4) is 0 Å². The third-order valence-corrected chi connectivity index (χ3v) is 3.93. The summed E-state index contributed by atoms with van der Waals surface area (Å²) in [4.78, 5) is 27.8. The van der Waals surface area contributed by atoms with Gasteiger partial charge >= 0.3 is 5.97 Å². The van der Waals surface area contributed by atoms with Crippen molar-refractivity contribution in [1.29, 1.82) is 0 Å². The van der Waals surface area contributed by atoms with E-state index >= 15 is 0 Å². The third-order valence-electron chi connectivity index (χ3n) is 3.93. The number of rotatable bonds is 4. The molecule has 0 saturated carbocycles. The van der Waals surface area contributed by atoms with Crippen LogP contribution in [0.2, 0.25) is 0 Å². The Labute approximate surface area is 144 Å². The number of aromatic carboxylic acids is 1. The standard InChI is InChI=1S/C19H17N3O3/c1-12-5-3-4-6-17(12)22-18(23)16(13(2)21-22)11-20-15-9-7-14(8-10-15)19(24)25/h3-11,21H,1-2H3,(H,24,25). The predicted octanol–water partition coefficient (Wildman–Crippen LogP) is 3.23. The molecule has 2 aromatic carbocycles. The van der Waals surface area contributed by atoms with E-state index in [4.69, 9.17) is 5.11 Å². The summed E-state index contributed by atoms with van der Waals surface area (Å²) in [6, 6.07) is 13.8. The van der Waals surface area contributed by atoms with E-state index in [1.807, 2.05) is 38.1 Å². The summed E-state index contributed by atoms with van der Waals surface area (Å²) in [5.41, 5.74) is 3.54. The first kappa shape index (κ1) is 16.4. The highest BCUT2D eigenvalue weighted by Crippen LogP contribution is 2.14. The van der Waals surface area contributed by atoms with Gasteiger partial charge in [-0.15, -0.1) is 0 Å². The van der Waals surface area contributed by atoms with Gasteiger partial charge in [0.1, 0.15) is 0 Å². The highest BCUT2D eigenvalue weighted by Gasteiger charge is 2.12. The van der Waals surface area contributed by atoms with E-state index in [1.54, 1.807) is 12.1 Å². The average molecular weight is 335 g/mol. The van der Waals surface area contributed by atoms with Crippen molar-refractivity contribution in [3.8, 4) is 5.69 Å². The molecule has 1 heterocycles. The van der Waals surface area contributed by atoms with Crippen LogP contribution in [0.5, 0.6) is 0 Å². The van der Waals surface area contributed by atoms with Gasteiger partial charge in [0.05, 0.1) is 22.5 Å². The molecular formula is C19H17N3O3. The zero-order valence-corrected chi connectivity index (χ0v) is 13.9. The van der Waals surface area contributed by atoms with Crippen molar-refractivity contribution in [3.63, 3.8) is 0 Å². The minimum atomic E-state index is -0.988. The second-order valence-corrected chi connectivity index (χ2v) is 5.69. The second-order valence-electron chi connectivity index (χ2n) is 5.69. The summed E-state index contributed by atoms with van der Waals surface area (Å²) in [5, 5.41) is 12.0. The molecule has 0 aliphatic heterocycles. The predicted molar refractivity (Wildman–Crippen MR) is 96.5 cm³/mol. The molecular weight excluding hydrogens is 318 g/mol. The van der Waals surface area contributed by atoms with Gasteiger partial charge in [-0.2, -0.15) is 0 Å². The number of H-pyrrole nitrogens is 1. The van der Waals surface area contributed by atoms with Crippen molar-refractivity contribution in [1.82, 2.24) is 9.78 Å². The van der Waals surface area contributed by atoms with Crippen LogP contribution in [0.4, 0.5) is 5.69 Å². The third kappa shape index (κ3) is 3.28. The number of hydrogen-bond acceptors (Lipinski definition) is 3. The van der Waals surface area contributed by atoms with Gasteiger partial charge in [0.25, 0.3) is 5.56 Å². The number of carboxylic acids is 1. The quantitative estimate of drug-likeness (QED) is 0.718. The van der Waals surface area contributed by atoms with Gasteiger partial charge < -0.3 is 5.11 Å². The Hall–Kier alpha value is -3.41. The number of carbonyl (C=O) groups is 1. The van der Waals surface area contributed by atoms with Gasteiger partial charge in [-0.3, -0.25) is 14.9 Å². The summed E-state index contributed by atoms with van der Waals surface area (Å²) in [6.07, 6.45) is 1.50. The maximum absolute atomic E-state index is 12.7. The first-order valence-corrected chi connectivity index (χ1v) is 7.72. The van der Waals surface area contributed by atoms with E-state index in [2.05, 4.69) is 10.1 Å². The molecule has 0 unspecified atom stereocenters. The number of aryl methyl sites for hydroxylation is 2. The van der Waals surface area contributed by atoms with Crippen molar-refractivity contribution in [3.05, 3.63) is 81.3 Å². The molecule has 0 aliphatic rings. The van der Waals surface area contributed by atoms with Crippen molar-refractivity contribution in [2.45, 2.75) is 13.8 Å².